The number of nitrogens with one attached hydrogen (secondary N) is 2. The second-order valence-electron chi connectivity index (χ2n) is 40.6. The molecule has 6 aromatic rings. The van der Waals surface area contributed by atoms with Crippen molar-refractivity contribution in [2.45, 2.75) is 495 Å². The molecule has 4 atom stereocenters. The average Bonchev–Trinajstić information content (AvgIpc) is 1.52. The number of carbonyl (C=O) groups is 3. The number of esters is 1. The second kappa shape index (κ2) is 68.9. The minimum Gasteiger partial charge on any atom is -0.497 e. The van der Waals surface area contributed by atoms with Crippen molar-refractivity contribution in [1.82, 2.24) is 19.5 Å². The predicted octanol–water partition coefficient (Wildman–Crippen LogP) is 32.6. The van der Waals surface area contributed by atoms with E-state index in [1.807, 2.05) is 78.9 Å². The van der Waals surface area contributed by atoms with Gasteiger partial charge in [0, 0.05) is 12.0 Å². The lowest BCUT2D eigenvalue weighted by Crippen LogP contribution is -2.50. The highest BCUT2D eigenvalue weighted by Crippen LogP contribution is 2.48. The molecule has 0 radical (unpaired) electrons. The molecule has 3 heterocycles. The summed E-state index contributed by atoms with van der Waals surface area (Å²) in [7, 11) is 0.382. The van der Waals surface area contributed by atoms with Crippen LogP contribution in [-0.2, 0) is 33.8 Å². The van der Waals surface area contributed by atoms with Crippen LogP contribution in [0.2, 0.25) is 18.1 Å². The van der Waals surface area contributed by atoms with Crippen molar-refractivity contribution in [3.8, 4) is 28.7 Å². The molecule has 1 saturated heterocycles. The van der Waals surface area contributed by atoms with Gasteiger partial charge in [0.15, 0.2) is 43.3 Å². The average molecular weight is 1880 g/mol. The maximum absolute atomic E-state index is 15.4. The molecule has 0 aliphatic carbocycles. The summed E-state index contributed by atoms with van der Waals surface area (Å²) in [6, 6.07) is 28.8. The normalized spacial score (nSPS) is 14.7. The zero-order chi connectivity index (χ0) is 95.8. The van der Waals surface area contributed by atoms with E-state index >= 15 is 4.79 Å². The second-order valence-corrected chi connectivity index (χ2v) is 45.3. The van der Waals surface area contributed by atoms with E-state index in [1.54, 1.807) is 30.9 Å². The maximum atomic E-state index is 15.4. The molecule has 4 aromatic carbocycles. The number of benzene rings is 4. The van der Waals surface area contributed by atoms with Gasteiger partial charge in [-0.25, -0.2) is 4.98 Å². The number of aromatic amines is 1. The van der Waals surface area contributed by atoms with E-state index in [9.17, 15) is 14.4 Å². The lowest BCUT2D eigenvalue weighted by molar-refractivity contribution is -0.159. The Morgan fingerprint density at radius 3 is 1.13 bits per heavy atom. The number of hydrogen-bond donors (Lipinski definition) is 2. The number of imidazole rings is 1. The molecule has 18 nitrogen and oxygen atoms in total. The number of H-pyrrole nitrogens is 1. The fourth-order valence-corrected chi connectivity index (χ4v) is 19.9. The third-order valence-electron chi connectivity index (χ3n) is 28.1. The Balaban J connectivity index is 1.11. The lowest BCUT2D eigenvalue weighted by atomic mass is 9.80. The van der Waals surface area contributed by atoms with Crippen LogP contribution in [0.1, 0.15) is 480 Å². The Morgan fingerprint density at radius 2 is 0.791 bits per heavy atom. The largest absolute Gasteiger partial charge is 0.497 e. The standard InChI is InChI=1S/C115H187N5O13Si/c1-12-15-18-21-24-27-30-33-36-39-42-45-48-51-54-57-60-63-66-72-87-127-101-90-95(91-102(128-88-73-67-64-61-58-55-52-49-46-43-40-37-34-31-28-25-22-19-16-13-2)106(101)129-89-74-68-65-62-59-56-53-50-47-44-41-38-35-32-29-26-23-20-17-14-3)110(123)118-113-117-109-105(111(124)119-113)116-93-120(109)112-108(133-134(10,11)114(5,6)7)107(132-104(122)86-77-94(4)121)103(131-112)92-130-115(96-75-70-69-71-76-96,97-78-82-99(125-8)83-79-97)98-80-84-100(126-9)85-81-98/h69-71,75-76,78-85,90-91,93,103,107-108,112H,12-68,72-74,77,86-89,92H2,1-11H3,(H2,117,118,119,123,124)/t103-,107-,108-,112-/m1/s1. The van der Waals surface area contributed by atoms with Gasteiger partial charge < -0.3 is 47.1 Å². The first-order valence-corrected chi connectivity index (χ1v) is 57.6. The summed E-state index contributed by atoms with van der Waals surface area (Å²) >= 11 is 0. The molecule has 7 rings (SSSR count). The first kappa shape index (κ1) is 114. The van der Waals surface area contributed by atoms with Crippen LogP contribution in [0.4, 0.5) is 5.95 Å². The van der Waals surface area contributed by atoms with Gasteiger partial charge >= 0.3 is 5.97 Å². The van der Waals surface area contributed by atoms with E-state index in [0.29, 0.717) is 48.6 Å². The molecule has 0 bridgehead atoms. The van der Waals surface area contributed by atoms with E-state index in [2.05, 4.69) is 69.9 Å². The van der Waals surface area contributed by atoms with Crippen LogP contribution in [0.3, 0.4) is 0 Å². The maximum Gasteiger partial charge on any atom is 0.306 e. The highest BCUT2D eigenvalue weighted by molar-refractivity contribution is 6.74. The number of hydrogen-bond acceptors (Lipinski definition) is 15. The molecule has 1 aliphatic rings. The van der Waals surface area contributed by atoms with Gasteiger partial charge in [0.1, 0.15) is 35.1 Å². The van der Waals surface area contributed by atoms with Crippen LogP contribution < -0.4 is 34.6 Å². The topological polar surface area (TPSA) is 210 Å². The quantitative estimate of drug-likeness (QED) is 0.0157. The zero-order valence-corrected chi connectivity index (χ0v) is 87.4. The highest BCUT2D eigenvalue weighted by Gasteiger charge is 2.54. The predicted molar refractivity (Wildman–Crippen MR) is 557 cm³/mol. The first-order chi connectivity index (χ1) is 65.4. The number of aromatic nitrogens is 4. The third kappa shape index (κ3) is 43.5. The molecule has 134 heavy (non-hydrogen) atoms. The van der Waals surface area contributed by atoms with Gasteiger partial charge in [0.25, 0.3) is 11.5 Å². The van der Waals surface area contributed by atoms with Crippen molar-refractivity contribution >= 4 is 43.1 Å². The fraction of sp³-hybridized carbons (Fsp3) is 0.722. The number of rotatable bonds is 83. The Labute approximate surface area is 814 Å². The Morgan fingerprint density at radius 1 is 0.448 bits per heavy atom. The van der Waals surface area contributed by atoms with E-state index in [4.69, 9.17) is 47.3 Å². The van der Waals surface area contributed by atoms with E-state index < -0.39 is 55.9 Å². The van der Waals surface area contributed by atoms with Crippen LogP contribution in [0.5, 0.6) is 28.7 Å². The minimum atomic E-state index is -2.87. The summed E-state index contributed by atoms with van der Waals surface area (Å²) in [4.78, 5) is 69.6. The molecule has 1 aliphatic heterocycles. The lowest BCUT2D eigenvalue weighted by Gasteiger charge is -2.40. The van der Waals surface area contributed by atoms with Crippen LogP contribution in [0.25, 0.3) is 11.2 Å². The molecular weight excluding hydrogens is 1690 g/mol. The molecule has 1 amide bonds. The molecule has 754 valence electrons. The zero-order valence-electron chi connectivity index (χ0n) is 86.4. The molecular formula is C115H187N5O13Si. The molecule has 0 unspecified atom stereocenters. The molecule has 1 fully saturated rings. The van der Waals surface area contributed by atoms with Crippen LogP contribution >= 0.6 is 0 Å². The summed E-state index contributed by atoms with van der Waals surface area (Å²) in [5.74, 6) is 1.18. The SMILES string of the molecule is CCCCCCCCCCCCCCCCCCCCCCOc1cc(C(=O)Nc2nc3c(ncn3[C@@H]3O[C@H](COC(c4ccccc4)(c4ccc(OC)cc4)c4ccc(OC)cc4)[C@@H](OC(=O)CCC(C)=O)[C@H]3O[Si](C)(C)C(C)(C)C)c(=O)[nH]2)cc(OCCCCCCCCCCCCCCCCCCCCCC)c1OCCCCCCCCCCCCCCCCCCCCCC. The summed E-state index contributed by atoms with van der Waals surface area (Å²) in [6.45, 7) is 20.1. The van der Waals surface area contributed by atoms with Crippen molar-refractivity contribution in [2.75, 3.05) is 46.0 Å². The van der Waals surface area contributed by atoms with Crippen molar-refractivity contribution in [3.05, 3.63) is 130 Å². The van der Waals surface area contributed by atoms with Gasteiger partial charge in [-0.2, -0.15) is 4.98 Å². The Kier molecular flexibility index (Phi) is 58.6. The number of carbonyl (C=O) groups excluding carboxylic acids is 3. The Hall–Kier alpha value is -7.06. The van der Waals surface area contributed by atoms with E-state index in [1.165, 1.54) is 341 Å². The molecule has 19 heteroatoms. The number of amides is 1. The van der Waals surface area contributed by atoms with Crippen molar-refractivity contribution in [3.63, 3.8) is 0 Å². The number of nitrogens with zero attached hydrogens (tertiary/aromatic N) is 3. The van der Waals surface area contributed by atoms with Gasteiger partial charge in [-0.1, -0.05) is 462 Å². The number of ketones is 1. The fourth-order valence-electron chi connectivity index (χ4n) is 18.6. The highest BCUT2D eigenvalue weighted by atomic mass is 28.4. The number of unbranched alkanes of at least 4 members (excludes halogenated alkanes) is 57. The van der Waals surface area contributed by atoms with Crippen LogP contribution in [0.15, 0.2) is 102 Å². The van der Waals surface area contributed by atoms with Gasteiger partial charge in [-0.05, 0) is 97.4 Å². The van der Waals surface area contributed by atoms with Crippen molar-refractivity contribution < 1.29 is 56.7 Å². The minimum absolute atomic E-state index is 0.0300. The van der Waals surface area contributed by atoms with Gasteiger partial charge in [-0.3, -0.25) is 29.3 Å². The summed E-state index contributed by atoms with van der Waals surface area (Å²) in [5, 5.41) is 2.61. The number of methoxy groups -OCH3 is 2. The third-order valence-corrected chi connectivity index (χ3v) is 32.6. The van der Waals surface area contributed by atoms with Crippen LogP contribution in [-0.4, -0.2) is 104 Å². The molecule has 2 aromatic heterocycles. The smallest absolute Gasteiger partial charge is 0.306 e. The monoisotopic (exact) mass is 1870 g/mol. The van der Waals surface area contributed by atoms with E-state index in [-0.39, 0.29) is 52.9 Å². The summed E-state index contributed by atoms with van der Waals surface area (Å²) in [5.41, 5.74) is 0.665. The van der Waals surface area contributed by atoms with Crippen molar-refractivity contribution in [1.29, 1.82) is 0 Å². The summed E-state index contributed by atoms with van der Waals surface area (Å²) in [6.07, 6.45) is 75.0. The number of Topliss-reactive ketones (excluding diaryl/α,β-unsaturated/α-hetero) is 1. The summed E-state index contributed by atoms with van der Waals surface area (Å²) < 4.78 is 62.4. The number of anilines is 1. The van der Waals surface area contributed by atoms with Gasteiger partial charge in [0.05, 0.1) is 53.4 Å². The van der Waals surface area contributed by atoms with Gasteiger partial charge in [-0.15, -0.1) is 0 Å². The van der Waals surface area contributed by atoms with E-state index in [0.717, 1.165) is 74.5 Å². The number of fused-ring (bicyclic) bond motifs is 1. The van der Waals surface area contributed by atoms with Crippen LogP contribution in [0, 0.1) is 0 Å². The Bertz CT molecular complexity index is 3970. The van der Waals surface area contributed by atoms with Crippen molar-refractivity contribution in [2.24, 2.45) is 0 Å². The molecule has 0 spiro atoms. The molecule has 2 N–H and O–H groups in total. The van der Waals surface area contributed by atoms with Gasteiger partial charge in [0.2, 0.25) is 11.7 Å². The number of ether oxygens (including phenoxy) is 8. The molecule has 0 saturated carbocycles. The first-order valence-electron chi connectivity index (χ1n) is 54.7.